The van der Waals surface area contributed by atoms with Crippen molar-refractivity contribution in [3.8, 4) is 0 Å². The monoisotopic (exact) mass is 385 g/mol. The molecule has 0 aliphatic carbocycles. The first-order valence-corrected chi connectivity index (χ1v) is 9.68. The van der Waals surface area contributed by atoms with Gasteiger partial charge in [-0.3, -0.25) is 9.78 Å². The van der Waals surface area contributed by atoms with E-state index in [1.807, 2.05) is 48.7 Å². The summed E-state index contributed by atoms with van der Waals surface area (Å²) in [6.45, 7) is 4.66. The van der Waals surface area contributed by atoms with Crippen molar-refractivity contribution in [3.63, 3.8) is 0 Å². The predicted molar refractivity (Wildman–Crippen MR) is 113 cm³/mol. The Bertz CT molecular complexity index is 1120. The Balaban J connectivity index is 1.46. The minimum absolute atomic E-state index is 0.144. The molecule has 0 fully saturated rings. The molecule has 1 atom stereocenters. The van der Waals surface area contributed by atoms with Crippen LogP contribution < -0.4 is 5.32 Å². The summed E-state index contributed by atoms with van der Waals surface area (Å²) < 4.78 is 2.02. The molecule has 29 heavy (non-hydrogen) atoms. The van der Waals surface area contributed by atoms with E-state index in [2.05, 4.69) is 32.4 Å². The Morgan fingerprint density at radius 2 is 1.90 bits per heavy atom. The van der Waals surface area contributed by atoms with Gasteiger partial charge in [0.2, 0.25) is 0 Å². The van der Waals surface area contributed by atoms with Gasteiger partial charge in [0.1, 0.15) is 5.52 Å². The van der Waals surface area contributed by atoms with Gasteiger partial charge >= 0.3 is 0 Å². The average Bonchev–Trinajstić information content (AvgIpc) is 3.15. The lowest BCUT2D eigenvalue weighted by Crippen LogP contribution is -2.26. The summed E-state index contributed by atoms with van der Waals surface area (Å²) in [4.78, 5) is 25.9. The van der Waals surface area contributed by atoms with E-state index in [0.717, 1.165) is 35.4 Å². The fourth-order valence-corrected chi connectivity index (χ4v) is 3.23. The molecule has 0 aliphatic heterocycles. The summed E-state index contributed by atoms with van der Waals surface area (Å²) in [6, 6.07) is 15.9. The minimum atomic E-state index is -0.175. The average molecular weight is 385 g/mol. The van der Waals surface area contributed by atoms with Gasteiger partial charge in [0.15, 0.2) is 5.65 Å². The first kappa shape index (κ1) is 18.8. The molecule has 0 spiro atoms. The number of hydrogen-bond donors (Lipinski definition) is 1. The standard InChI is InChI=1S/C23H23N5O/c1-16-8-9-19(13-24-16)17(2)27-23(29)20-12-21-22(25-14-20)28(15-26-21)11-10-18-6-4-3-5-7-18/h3-9,12-15,17H,10-11H2,1-2H3,(H,27,29). The van der Waals surface area contributed by atoms with Crippen molar-refractivity contribution < 1.29 is 4.79 Å². The van der Waals surface area contributed by atoms with Crippen LogP contribution in [0.5, 0.6) is 0 Å². The zero-order valence-corrected chi connectivity index (χ0v) is 16.5. The summed E-state index contributed by atoms with van der Waals surface area (Å²) in [5, 5.41) is 3.00. The van der Waals surface area contributed by atoms with Gasteiger partial charge in [-0.1, -0.05) is 36.4 Å². The van der Waals surface area contributed by atoms with Gasteiger partial charge in [-0.25, -0.2) is 9.97 Å². The molecule has 146 valence electrons. The van der Waals surface area contributed by atoms with Gasteiger partial charge in [-0.15, -0.1) is 0 Å². The molecule has 4 rings (SSSR count). The van der Waals surface area contributed by atoms with Gasteiger partial charge in [0.25, 0.3) is 5.91 Å². The van der Waals surface area contributed by atoms with E-state index in [9.17, 15) is 4.79 Å². The second kappa shape index (κ2) is 8.22. The third-order valence-corrected chi connectivity index (χ3v) is 4.98. The van der Waals surface area contributed by atoms with Crippen LogP contribution in [0.1, 0.15) is 40.1 Å². The van der Waals surface area contributed by atoms with E-state index in [4.69, 9.17) is 0 Å². The molecule has 1 N–H and O–H groups in total. The molecule has 1 aromatic carbocycles. The zero-order valence-electron chi connectivity index (χ0n) is 16.5. The van der Waals surface area contributed by atoms with Gasteiger partial charge in [0, 0.05) is 24.6 Å². The number of imidazole rings is 1. The highest BCUT2D eigenvalue weighted by Crippen LogP contribution is 2.16. The second-order valence-corrected chi connectivity index (χ2v) is 7.17. The molecule has 3 heterocycles. The van der Waals surface area contributed by atoms with Crippen LogP contribution in [-0.2, 0) is 13.0 Å². The number of aromatic nitrogens is 4. The third kappa shape index (κ3) is 4.32. The van der Waals surface area contributed by atoms with E-state index in [1.165, 1.54) is 5.56 Å². The van der Waals surface area contributed by atoms with Crippen LogP contribution in [-0.4, -0.2) is 25.4 Å². The van der Waals surface area contributed by atoms with Crippen LogP contribution in [0.3, 0.4) is 0 Å². The van der Waals surface area contributed by atoms with E-state index >= 15 is 0 Å². The number of nitrogens with zero attached hydrogens (tertiary/aromatic N) is 4. The van der Waals surface area contributed by atoms with E-state index < -0.39 is 0 Å². The number of carbonyl (C=O) groups excluding carboxylic acids is 1. The maximum Gasteiger partial charge on any atom is 0.253 e. The molecule has 6 nitrogen and oxygen atoms in total. The molecule has 1 unspecified atom stereocenters. The van der Waals surface area contributed by atoms with Crippen LogP contribution in [0.25, 0.3) is 11.2 Å². The lowest BCUT2D eigenvalue weighted by Gasteiger charge is -2.14. The van der Waals surface area contributed by atoms with Gasteiger partial charge < -0.3 is 9.88 Å². The molecule has 3 aromatic heterocycles. The number of pyridine rings is 2. The fourth-order valence-electron chi connectivity index (χ4n) is 3.23. The van der Waals surface area contributed by atoms with Crippen LogP contribution in [0.15, 0.2) is 67.3 Å². The highest BCUT2D eigenvalue weighted by molar-refractivity contribution is 5.96. The van der Waals surface area contributed by atoms with Gasteiger partial charge in [-0.05, 0) is 43.5 Å². The van der Waals surface area contributed by atoms with Crippen LogP contribution in [0, 0.1) is 6.92 Å². The number of fused-ring (bicyclic) bond motifs is 1. The second-order valence-electron chi connectivity index (χ2n) is 7.17. The number of benzene rings is 1. The smallest absolute Gasteiger partial charge is 0.253 e. The van der Waals surface area contributed by atoms with E-state index in [-0.39, 0.29) is 11.9 Å². The van der Waals surface area contributed by atoms with Crippen molar-refractivity contribution in [2.24, 2.45) is 0 Å². The highest BCUT2D eigenvalue weighted by atomic mass is 16.1. The van der Waals surface area contributed by atoms with Crippen molar-refractivity contribution in [2.75, 3.05) is 0 Å². The maximum atomic E-state index is 12.7. The van der Waals surface area contributed by atoms with Crippen LogP contribution in [0.4, 0.5) is 0 Å². The van der Waals surface area contributed by atoms with Crippen molar-refractivity contribution >= 4 is 17.1 Å². The molecular weight excluding hydrogens is 362 g/mol. The molecule has 0 radical (unpaired) electrons. The Kier molecular flexibility index (Phi) is 5.33. The maximum absolute atomic E-state index is 12.7. The molecule has 1 amide bonds. The third-order valence-electron chi connectivity index (χ3n) is 4.98. The van der Waals surface area contributed by atoms with Gasteiger partial charge in [0.05, 0.1) is 17.9 Å². The molecular formula is C23H23N5O. The van der Waals surface area contributed by atoms with Crippen LogP contribution >= 0.6 is 0 Å². The topological polar surface area (TPSA) is 72.7 Å². The number of aryl methyl sites for hydroxylation is 3. The van der Waals surface area contributed by atoms with Crippen LogP contribution in [0.2, 0.25) is 0 Å². The first-order valence-electron chi connectivity index (χ1n) is 9.68. The zero-order chi connectivity index (χ0) is 20.2. The lowest BCUT2D eigenvalue weighted by molar-refractivity contribution is 0.0939. The number of nitrogens with one attached hydrogen (secondary N) is 1. The predicted octanol–water partition coefficient (Wildman–Crippen LogP) is 3.87. The summed E-state index contributed by atoms with van der Waals surface area (Å²) in [5.41, 5.74) is 5.18. The summed E-state index contributed by atoms with van der Waals surface area (Å²) >= 11 is 0. The lowest BCUT2D eigenvalue weighted by atomic mass is 10.1. The van der Waals surface area contributed by atoms with E-state index in [1.54, 1.807) is 24.8 Å². The highest BCUT2D eigenvalue weighted by Gasteiger charge is 2.14. The summed E-state index contributed by atoms with van der Waals surface area (Å²) in [7, 11) is 0. The number of rotatable bonds is 6. The summed E-state index contributed by atoms with van der Waals surface area (Å²) in [5.74, 6) is -0.175. The quantitative estimate of drug-likeness (QED) is 0.547. The number of amides is 1. The molecule has 4 aromatic rings. The molecule has 0 saturated heterocycles. The molecule has 6 heteroatoms. The Morgan fingerprint density at radius 1 is 1.07 bits per heavy atom. The largest absolute Gasteiger partial charge is 0.345 e. The Labute approximate surface area is 169 Å². The Hall–Kier alpha value is -3.54. The molecule has 0 aliphatic rings. The normalized spacial score (nSPS) is 12.1. The number of hydrogen-bond acceptors (Lipinski definition) is 4. The van der Waals surface area contributed by atoms with Crippen molar-refractivity contribution in [2.45, 2.75) is 32.9 Å². The van der Waals surface area contributed by atoms with Crippen molar-refractivity contribution in [1.82, 2.24) is 24.8 Å². The number of carbonyl (C=O) groups is 1. The SMILES string of the molecule is Cc1ccc(C(C)NC(=O)c2cnc3c(c2)ncn3CCc2ccccc2)cn1. The molecule has 0 bridgehead atoms. The minimum Gasteiger partial charge on any atom is -0.345 e. The van der Waals surface area contributed by atoms with Crippen molar-refractivity contribution in [1.29, 1.82) is 0 Å². The first-order chi connectivity index (χ1) is 14.1. The fraction of sp³-hybridized carbons (Fsp3) is 0.217. The molecule has 0 saturated carbocycles. The van der Waals surface area contributed by atoms with Crippen molar-refractivity contribution in [3.05, 3.63) is 89.6 Å². The summed E-state index contributed by atoms with van der Waals surface area (Å²) in [6.07, 6.45) is 6.08. The van der Waals surface area contributed by atoms with E-state index in [0.29, 0.717) is 5.56 Å². The Morgan fingerprint density at radius 3 is 2.66 bits per heavy atom. The van der Waals surface area contributed by atoms with Gasteiger partial charge in [-0.2, -0.15) is 0 Å².